The van der Waals surface area contributed by atoms with Crippen molar-refractivity contribution >= 4 is 11.6 Å². The van der Waals surface area contributed by atoms with E-state index in [1.54, 1.807) is 0 Å². The van der Waals surface area contributed by atoms with Gasteiger partial charge in [-0.05, 0) is 49.9 Å². The third kappa shape index (κ3) is 4.09. The maximum atomic E-state index is 12.5. The van der Waals surface area contributed by atoms with E-state index in [1.165, 1.54) is 32.1 Å². The molecule has 1 fully saturated rings. The average Bonchev–Trinajstić information content (AvgIpc) is 3.08. The van der Waals surface area contributed by atoms with E-state index in [0.717, 1.165) is 24.2 Å². The van der Waals surface area contributed by atoms with Crippen molar-refractivity contribution in [3.05, 3.63) is 54.4 Å². The van der Waals surface area contributed by atoms with Gasteiger partial charge in [0.25, 0.3) is 5.91 Å². The normalized spacial score (nSPS) is 15.6. The molecule has 1 N–H and O–H groups in total. The summed E-state index contributed by atoms with van der Waals surface area (Å²) in [5, 5.41) is 4.39. The molecule has 1 aliphatic rings. The molecule has 0 unspecified atom stereocenters. The van der Waals surface area contributed by atoms with Gasteiger partial charge in [-0.2, -0.15) is 5.10 Å². The summed E-state index contributed by atoms with van der Waals surface area (Å²) in [5.41, 5.74) is 5.38. The lowest BCUT2D eigenvalue weighted by Crippen LogP contribution is -2.21. The molecule has 0 radical (unpaired) electrons. The molecule has 3 rings (SSSR count). The van der Waals surface area contributed by atoms with Gasteiger partial charge in [0, 0.05) is 18.1 Å². The fourth-order valence-corrected chi connectivity index (χ4v) is 3.00. The molecule has 1 aromatic carbocycles. The molecule has 4 heteroatoms. The molecule has 1 saturated carbocycles. The highest BCUT2D eigenvalue weighted by Crippen LogP contribution is 2.16. The number of rotatable bonds is 3. The van der Waals surface area contributed by atoms with Gasteiger partial charge in [0.1, 0.15) is 0 Å². The van der Waals surface area contributed by atoms with Crippen LogP contribution in [0.3, 0.4) is 0 Å². The molecule has 4 nitrogen and oxygen atoms in total. The van der Waals surface area contributed by atoms with Crippen LogP contribution in [0.1, 0.15) is 55.3 Å². The van der Waals surface area contributed by atoms with Crippen molar-refractivity contribution in [1.82, 2.24) is 9.99 Å². The zero-order chi connectivity index (χ0) is 15.9. The van der Waals surface area contributed by atoms with Crippen molar-refractivity contribution in [2.75, 3.05) is 0 Å². The SMILES string of the molecule is O=C(NN=C1CCCCCCC1)c1ccccc1-n1cccc1. The first-order valence-electron chi connectivity index (χ1n) is 8.43. The van der Waals surface area contributed by atoms with E-state index >= 15 is 0 Å². The van der Waals surface area contributed by atoms with Crippen LogP contribution in [0.4, 0.5) is 0 Å². The fraction of sp³-hybridized carbons (Fsp3) is 0.368. The summed E-state index contributed by atoms with van der Waals surface area (Å²) in [7, 11) is 0. The zero-order valence-corrected chi connectivity index (χ0v) is 13.4. The van der Waals surface area contributed by atoms with E-state index in [9.17, 15) is 4.79 Å². The summed E-state index contributed by atoms with van der Waals surface area (Å²) in [6, 6.07) is 11.5. The van der Waals surface area contributed by atoms with Gasteiger partial charge in [0.15, 0.2) is 0 Å². The number of para-hydroxylation sites is 1. The zero-order valence-electron chi connectivity index (χ0n) is 13.4. The molecule has 0 spiro atoms. The Kier molecular flexibility index (Phi) is 5.25. The number of amides is 1. The molecule has 2 aromatic rings. The lowest BCUT2D eigenvalue weighted by atomic mass is 9.99. The van der Waals surface area contributed by atoms with E-state index in [-0.39, 0.29) is 5.91 Å². The first-order valence-corrected chi connectivity index (χ1v) is 8.43. The minimum atomic E-state index is -0.149. The highest BCUT2D eigenvalue weighted by molar-refractivity contribution is 5.98. The molecule has 23 heavy (non-hydrogen) atoms. The Morgan fingerprint density at radius 2 is 1.57 bits per heavy atom. The molecule has 1 aromatic heterocycles. The van der Waals surface area contributed by atoms with Crippen LogP contribution in [0, 0.1) is 0 Å². The predicted molar refractivity (Wildman–Crippen MR) is 93.0 cm³/mol. The van der Waals surface area contributed by atoms with Crippen LogP contribution in [0.15, 0.2) is 53.9 Å². The quantitative estimate of drug-likeness (QED) is 0.844. The lowest BCUT2D eigenvalue weighted by Gasteiger charge is -2.12. The monoisotopic (exact) mass is 309 g/mol. The van der Waals surface area contributed by atoms with Gasteiger partial charge in [0.05, 0.1) is 11.3 Å². The summed E-state index contributed by atoms with van der Waals surface area (Å²) in [4.78, 5) is 12.5. The van der Waals surface area contributed by atoms with E-state index in [0.29, 0.717) is 5.56 Å². The van der Waals surface area contributed by atoms with E-state index in [2.05, 4.69) is 10.5 Å². The molecule has 0 aliphatic heterocycles. The number of nitrogens with one attached hydrogen (secondary N) is 1. The van der Waals surface area contributed by atoms with Crippen molar-refractivity contribution in [3.63, 3.8) is 0 Å². The fourth-order valence-electron chi connectivity index (χ4n) is 3.00. The molecule has 1 amide bonds. The highest BCUT2D eigenvalue weighted by atomic mass is 16.2. The van der Waals surface area contributed by atoms with Crippen LogP contribution in [0.25, 0.3) is 5.69 Å². The van der Waals surface area contributed by atoms with E-state index in [4.69, 9.17) is 0 Å². The molecular weight excluding hydrogens is 286 g/mol. The number of hydrogen-bond donors (Lipinski definition) is 1. The second-order valence-corrected chi connectivity index (χ2v) is 5.99. The number of nitrogens with zero attached hydrogens (tertiary/aromatic N) is 2. The summed E-state index contributed by atoms with van der Waals surface area (Å²) in [6.45, 7) is 0. The van der Waals surface area contributed by atoms with Crippen LogP contribution in [-0.4, -0.2) is 16.2 Å². The molecule has 0 saturated heterocycles. The molecule has 0 bridgehead atoms. The Labute approximate surface area is 137 Å². The highest BCUT2D eigenvalue weighted by Gasteiger charge is 2.12. The standard InChI is InChI=1S/C19H23N3O/c23-19(21-20-16-10-4-2-1-3-5-11-16)17-12-6-7-13-18(17)22-14-8-9-15-22/h6-9,12-15H,1-5,10-11H2,(H,21,23). The van der Waals surface area contributed by atoms with Crippen LogP contribution in [0.2, 0.25) is 0 Å². The molecule has 120 valence electrons. The van der Waals surface area contributed by atoms with E-state index in [1.807, 2.05) is 53.4 Å². The first-order chi connectivity index (χ1) is 11.3. The van der Waals surface area contributed by atoms with Gasteiger partial charge >= 0.3 is 0 Å². The van der Waals surface area contributed by atoms with Crippen molar-refractivity contribution in [2.45, 2.75) is 44.9 Å². The Balaban J connectivity index is 1.73. The first kappa shape index (κ1) is 15.5. The lowest BCUT2D eigenvalue weighted by molar-refractivity contribution is 0.0954. The van der Waals surface area contributed by atoms with Crippen LogP contribution in [0.5, 0.6) is 0 Å². The number of hydrazone groups is 1. The summed E-state index contributed by atoms with van der Waals surface area (Å²) in [6.07, 6.45) is 12.1. The Bertz CT molecular complexity index is 664. The van der Waals surface area contributed by atoms with Crippen molar-refractivity contribution in [1.29, 1.82) is 0 Å². The van der Waals surface area contributed by atoms with Gasteiger partial charge in [-0.3, -0.25) is 4.79 Å². The van der Waals surface area contributed by atoms with Gasteiger partial charge in [-0.25, -0.2) is 5.43 Å². The van der Waals surface area contributed by atoms with Crippen LogP contribution >= 0.6 is 0 Å². The van der Waals surface area contributed by atoms with Gasteiger partial charge in [-0.1, -0.05) is 31.4 Å². The second-order valence-electron chi connectivity index (χ2n) is 5.99. The third-order valence-corrected chi connectivity index (χ3v) is 4.28. The average molecular weight is 309 g/mol. The number of carbonyl (C=O) groups excluding carboxylic acids is 1. The molecule has 0 atom stereocenters. The Morgan fingerprint density at radius 1 is 0.913 bits per heavy atom. The maximum absolute atomic E-state index is 12.5. The molecule has 1 heterocycles. The van der Waals surface area contributed by atoms with Crippen LogP contribution < -0.4 is 5.43 Å². The summed E-state index contributed by atoms with van der Waals surface area (Å²) in [5.74, 6) is -0.149. The molecular formula is C19H23N3O. The third-order valence-electron chi connectivity index (χ3n) is 4.28. The number of carbonyl (C=O) groups is 1. The van der Waals surface area contributed by atoms with E-state index < -0.39 is 0 Å². The smallest absolute Gasteiger partial charge is 0.273 e. The second kappa shape index (κ2) is 7.77. The summed E-state index contributed by atoms with van der Waals surface area (Å²) >= 11 is 0. The maximum Gasteiger partial charge on any atom is 0.273 e. The number of aromatic nitrogens is 1. The van der Waals surface area contributed by atoms with Gasteiger partial charge in [-0.15, -0.1) is 0 Å². The van der Waals surface area contributed by atoms with Crippen molar-refractivity contribution in [3.8, 4) is 5.69 Å². The minimum absolute atomic E-state index is 0.149. The largest absolute Gasteiger partial charge is 0.323 e. The predicted octanol–water partition coefficient (Wildman–Crippen LogP) is 4.31. The minimum Gasteiger partial charge on any atom is -0.323 e. The Hall–Kier alpha value is -2.36. The number of hydrogen-bond acceptors (Lipinski definition) is 2. The summed E-state index contributed by atoms with van der Waals surface area (Å²) < 4.78 is 1.94. The molecule has 1 aliphatic carbocycles. The van der Waals surface area contributed by atoms with Crippen LogP contribution in [-0.2, 0) is 0 Å². The van der Waals surface area contributed by atoms with Gasteiger partial charge in [0.2, 0.25) is 0 Å². The van der Waals surface area contributed by atoms with Crippen molar-refractivity contribution < 1.29 is 4.79 Å². The Morgan fingerprint density at radius 3 is 2.30 bits per heavy atom. The van der Waals surface area contributed by atoms with Crippen molar-refractivity contribution in [2.24, 2.45) is 5.10 Å². The number of benzene rings is 1. The van der Waals surface area contributed by atoms with Gasteiger partial charge < -0.3 is 4.57 Å². The topological polar surface area (TPSA) is 46.4 Å².